The molecule has 4 rings (SSSR count). The molecule has 0 amide bonds. The number of fused-ring (bicyclic) bond motifs is 1. The lowest BCUT2D eigenvalue weighted by atomic mass is 9.88. The monoisotopic (exact) mass is 419 g/mol. The summed E-state index contributed by atoms with van der Waals surface area (Å²) in [6, 6.07) is 10.0. The minimum absolute atomic E-state index is 0.0613. The summed E-state index contributed by atoms with van der Waals surface area (Å²) in [7, 11) is -4.31. The van der Waals surface area contributed by atoms with Gasteiger partial charge in [0.05, 0.1) is 17.8 Å². The third-order valence-electron chi connectivity index (χ3n) is 5.33. The van der Waals surface area contributed by atoms with Crippen molar-refractivity contribution in [3.8, 4) is 0 Å². The lowest BCUT2D eigenvalue weighted by molar-refractivity contribution is -0.00532. The van der Waals surface area contributed by atoms with Crippen molar-refractivity contribution in [3.63, 3.8) is 0 Å². The molecule has 3 aromatic rings. The van der Waals surface area contributed by atoms with Crippen LogP contribution < -0.4 is 5.32 Å². The van der Waals surface area contributed by atoms with E-state index in [-0.39, 0.29) is 29.2 Å². The number of nitrogens with one attached hydrogen (secondary N) is 1. The fourth-order valence-electron chi connectivity index (χ4n) is 3.85. The van der Waals surface area contributed by atoms with E-state index in [9.17, 15) is 17.4 Å². The average molecular weight is 419 g/mol. The van der Waals surface area contributed by atoms with Crippen LogP contribution in [0, 0.1) is 12.7 Å². The molecule has 2 N–H and O–H groups in total. The van der Waals surface area contributed by atoms with Crippen LogP contribution in [0.4, 0.5) is 4.39 Å². The van der Waals surface area contributed by atoms with Crippen LogP contribution in [0.5, 0.6) is 0 Å². The molecule has 0 radical (unpaired) electrons. The van der Waals surface area contributed by atoms with Gasteiger partial charge in [-0.25, -0.2) is 4.39 Å². The largest absolute Gasteiger partial charge is 0.461 e. The molecule has 1 saturated heterocycles. The molecule has 2 atom stereocenters. The van der Waals surface area contributed by atoms with Crippen molar-refractivity contribution >= 4 is 21.1 Å². The number of furan rings is 1. The second kappa shape index (κ2) is 7.87. The quantitative estimate of drug-likeness (QED) is 0.605. The highest BCUT2D eigenvalue weighted by Crippen LogP contribution is 2.33. The number of hydrogen-bond acceptors (Lipinski definition) is 5. The van der Waals surface area contributed by atoms with Crippen molar-refractivity contribution in [1.82, 2.24) is 5.32 Å². The van der Waals surface area contributed by atoms with Crippen LogP contribution in [0.3, 0.4) is 0 Å². The first-order chi connectivity index (χ1) is 13.8. The molecule has 8 heteroatoms. The van der Waals surface area contributed by atoms with Gasteiger partial charge in [0, 0.05) is 10.9 Å². The van der Waals surface area contributed by atoms with Crippen molar-refractivity contribution in [2.45, 2.75) is 43.4 Å². The summed E-state index contributed by atoms with van der Waals surface area (Å²) in [5, 5.41) is 3.93. The van der Waals surface area contributed by atoms with Gasteiger partial charge in [-0.2, -0.15) is 8.42 Å². The fraction of sp³-hybridized carbons (Fsp3) is 0.333. The molecule has 1 aliphatic heterocycles. The zero-order valence-corrected chi connectivity index (χ0v) is 16.7. The Kier molecular flexibility index (Phi) is 5.44. The first-order valence-electron chi connectivity index (χ1n) is 9.40. The molecule has 2 aromatic carbocycles. The molecule has 29 heavy (non-hydrogen) atoms. The van der Waals surface area contributed by atoms with Crippen molar-refractivity contribution < 1.29 is 26.5 Å². The van der Waals surface area contributed by atoms with E-state index in [4.69, 9.17) is 9.15 Å². The van der Waals surface area contributed by atoms with Crippen molar-refractivity contribution in [1.29, 1.82) is 0 Å². The highest BCUT2D eigenvalue weighted by molar-refractivity contribution is 7.85. The third kappa shape index (κ3) is 4.20. The Labute approximate surface area is 168 Å². The van der Waals surface area contributed by atoms with Gasteiger partial charge in [-0.3, -0.25) is 9.87 Å². The van der Waals surface area contributed by atoms with Gasteiger partial charge in [-0.05, 0) is 49.9 Å². The summed E-state index contributed by atoms with van der Waals surface area (Å²) >= 11 is 0. The number of piperidine rings is 1. The van der Waals surface area contributed by atoms with Gasteiger partial charge < -0.3 is 9.15 Å². The van der Waals surface area contributed by atoms with Gasteiger partial charge in [-0.1, -0.05) is 29.8 Å². The minimum atomic E-state index is -4.31. The summed E-state index contributed by atoms with van der Waals surface area (Å²) in [6.07, 6.45) is 2.30. The highest BCUT2D eigenvalue weighted by Gasteiger charge is 2.28. The minimum Gasteiger partial charge on any atom is -0.461 e. The number of ether oxygens (including phenoxy) is 1. The molecule has 1 aromatic heterocycles. The van der Waals surface area contributed by atoms with Crippen LogP contribution >= 0.6 is 0 Å². The molecule has 2 unspecified atom stereocenters. The maximum Gasteiger partial charge on any atom is 0.294 e. The van der Waals surface area contributed by atoms with E-state index >= 15 is 0 Å². The standard InChI is InChI=1S/C21H22FNO5S/c1-13-2-5-18(29(24,25)26)17(10-13)15-6-8-23-19(11-15)28-12-16-4-3-14-7-9-27-21(14)20(16)22/h2-5,7,9-10,15,19,23H,6,8,11-12H2,1H3,(H,24,25,26). The molecule has 0 spiro atoms. The molecular weight excluding hydrogens is 397 g/mol. The SMILES string of the molecule is Cc1ccc(S(=O)(=O)O)c(C2CCNC(OCc3ccc4ccoc4c3F)C2)c1. The van der Waals surface area contributed by atoms with E-state index in [1.165, 1.54) is 12.3 Å². The lowest BCUT2D eigenvalue weighted by Gasteiger charge is -2.31. The normalized spacial score (nSPS) is 20.2. The zero-order valence-electron chi connectivity index (χ0n) is 15.9. The Bertz CT molecular complexity index is 1140. The molecule has 2 heterocycles. The van der Waals surface area contributed by atoms with Crippen molar-refractivity contribution in [2.75, 3.05) is 6.54 Å². The van der Waals surface area contributed by atoms with Gasteiger partial charge in [0.1, 0.15) is 6.23 Å². The Morgan fingerprint density at radius 3 is 2.90 bits per heavy atom. The molecule has 154 valence electrons. The molecule has 6 nitrogen and oxygen atoms in total. The molecule has 1 aliphatic rings. The highest BCUT2D eigenvalue weighted by atomic mass is 32.2. The zero-order chi connectivity index (χ0) is 20.6. The molecule has 1 fully saturated rings. The van der Waals surface area contributed by atoms with E-state index in [0.29, 0.717) is 35.9 Å². The molecule has 0 aliphatic carbocycles. The van der Waals surface area contributed by atoms with E-state index in [0.717, 1.165) is 5.56 Å². The number of aryl methyl sites for hydroxylation is 1. The summed E-state index contributed by atoms with van der Waals surface area (Å²) in [6.45, 7) is 2.56. The predicted octanol–water partition coefficient (Wildman–Crippen LogP) is 4.14. The Morgan fingerprint density at radius 2 is 2.10 bits per heavy atom. The molecule has 0 bridgehead atoms. The Balaban J connectivity index is 1.50. The topological polar surface area (TPSA) is 88.8 Å². The van der Waals surface area contributed by atoms with E-state index in [1.807, 2.05) is 6.92 Å². The predicted molar refractivity (Wildman–Crippen MR) is 106 cm³/mol. The number of halogens is 1. The van der Waals surface area contributed by atoms with Gasteiger partial charge in [0.25, 0.3) is 10.1 Å². The molecular formula is C21H22FNO5S. The molecule has 0 saturated carbocycles. The van der Waals surface area contributed by atoms with Crippen LogP contribution in [0.1, 0.15) is 35.4 Å². The first kappa shape index (κ1) is 20.0. The lowest BCUT2D eigenvalue weighted by Crippen LogP contribution is -2.39. The van der Waals surface area contributed by atoms with Gasteiger partial charge in [0.2, 0.25) is 0 Å². The Hall–Kier alpha value is -2.26. The van der Waals surface area contributed by atoms with E-state index in [2.05, 4.69) is 5.32 Å². The maximum atomic E-state index is 14.5. The van der Waals surface area contributed by atoms with E-state index < -0.39 is 15.9 Å². The van der Waals surface area contributed by atoms with Crippen molar-refractivity contribution in [2.24, 2.45) is 0 Å². The first-order valence-corrected chi connectivity index (χ1v) is 10.8. The number of rotatable bonds is 5. The van der Waals surface area contributed by atoms with Crippen molar-refractivity contribution in [3.05, 3.63) is 65.2 Å². The summed E-state index contributed by atoms with van der Waals surface area (Å²) < 4.78 is 58.7. The second-order valence-corrected chi connectivity index (χ2v) is 8.76. The van der Waals surface area contributed by atoms with Crippen LogP contribution in [-0.4, -0.2) is 25.7 Å². The second-order valence-electron chi connectivity index (χ2n) is 7.37. The number of hydrogen-bond donors (Lipinski definition) is 2. The smallest absolute Gasteiger partial charge is 0.294 e. The maximum absolute atomic E-state index is 14.5. The summed E-state index contributed by atoms with van der Waals surface area (Å²) in [4.78, 5) is -0.0666. The fourth-order valence-corrected chi connectivity index (χ4v) is 4.61. The van der Waals surface area contributed by atoms with Crippen LogP contribution in [0.2, 0.25) is 0 Å². The van der Waals surface area contributed by atoms with Gasteiger partial charge in [-0.15, -0.1) is 0 Å². The average Bonchev–Trinajstić information content (AvgIpc) is 3.16. The van der Waals surface area contributed by atoms with Gasteiger partial charge in [0.15, 0.2) is 11.4 Å². The summed E-state index contributed by atoms with van der Waals surface area (Å²) in [5.41, 5.74) is 2.10. The van der Waals surface area contributed by atoms with Crippen LogP contribution in [-0.2, 0) is 21.5 Å². The van der Waals surface area contributed by atoms with E-state index in [1.54, 1.807) is 30.3 Å². The van der Waals surface area contributed by atoms with Crippen LogP contribution in [0.25, 0.3) is 11.0 Å². The third-order valence-corrected chi connectivity index (χ3v) is 6.26. The number of benzene rings is 2. The Morgan fingerprint density at radius 1 is 1.28 bits per heavy atom. The summed E-state index contributed by atoms with van der Waals surface area (Å²) in [5.74, 6) is -0.539. The van der Waals surface area contributed by atoms with Crippen LogP contribution in [0.15, 0.2) is 52.0 Å². The van der Waals surface area contributed by atoms with Gasteiger partial charge >= 0.3 is 0 Å².